The van der Waals surface area contributed by atoms with Crippen molar-refractivity contribution in [3.8, 4) is 0 Å². The summed E-state index contributed by atoms with van der Waals surface area (Å²) >= 11 is 0. The molecule has 1 aromatic carbocycles. The fraction of sp³-hybridized carbons (Fsp3) is 0.0909. The fourth-order valence-electron chi connectivity index (χ4n) is 1.73. The minimum absolute atomic E-state index is 0.0829. The smallest absolute Gasteiger partial charge is 0.238 e. The number of nitrogens with zero attached hydrogens (tertiary/aromatic N) is 5. The Morgan fingerprint density at radius 3 is 2.62 bits per heavy atom. The molecule has 3 rings (SSSR count). The minimum atomic E-state index is -3.66. The van der Waals surface area contributed by atoms with Crippen LogP contribution < -0.4 is 10.5 Å². The van der Waals surface area contributed by atoms with Crippen molar-refractivity contribution < 1.29 is 8.42 Å². The third-order valence-electron chi connectivity index (χ3n) is 2.80. The fourth-order valence-corrected chi connectivity index (χ4v) is 2.25. The van der Waals surface area contributed by atoms with Gasteiger partial charge in [-0.05, 0) is 40.3 Å². The van der Waals surface area contributed by atoms with Crippen LogP contribution in [0.4, 0.5) is 5.82 Å². The Hall–Kier alpha value is -2.59. The molecule has 2 heterocycles. The zero-order valence-corrected chi connectivity index (χ0v) is 11.5. The first-order chi connectivity index (χ1) is 10.0. The van der Waals surface area contributed by atoms with Crippen LogP contribution in [0.2, 0.25) is 0 Å². The molecule has 0 aliphatic heterocycles. The quantitative estimate of drug-likeness (QED) is 0.681. The predicted octanol–water partition coefficient (Wildman–Crippen LogP) is -0.221. The van der Waals surface area contributed by atoms with Crippen molar-refractivity contribution in [2.24, 2.45) is 5.14 Å². The van der Waals surface area contributed by atoms with E-state index < -0.39 is 10.0 Å². The van der Waals surface area contributed by atoms with E-state index in [1.54, 1.807) is 24.3 Å². The molecule has 10 heteroatoms. The van der Waals surface area contributed by atoms with Gasteiger partial charge in [0.2, 0.25) is 10.0 Å². The number of anilines is 1. The molecule has 3 aromatic rings. The number of sulfonamides is 1. The number of hydrogen-bond acceptors (Lipinski definition) is 7. The maximum Gasteiger partial charge on any atom is 0.238 e. The third kappa shape index (κ3) is 2.95. The lowest BCUT2D eigenvalue weighted by Crippen LogP contribution is -2.12. The molecule has 0 unspecified atom stereocenters. The standard InChI is InChI=1S/C11H11N7O2S/c12-21(19,20)9-3-1-8(2-4-9)7-13-10-5-6-11-14-16-17-18(11)15-10/h1-6H,7H2,(H,13,15)(H2,12,19,20). The summed E-state index contributed by atoms with van der Waals surface area (Å²) in [7, 11) is -3.66. The average molecular weight is 305 g/mol. The first-order valence-corrected chi connectivity index (χ1v) is 7.48. The van der Waals surface area contributed by atoms with Crippen molar-refractivity contribution in [2.45, 2.75) is 11.4 Å². The van der Waals surface area contributed by atoms with Crippen molar-refractivity contribution in [3.05, 3.63) is 42.0 Å². The molecule has 0 saturated carbocycles. The zero-order chi connectivity index (χ0) is 14.9. The lowest BCUT2D eigenvalue weighted by molar-refractivity contribution is 0.598. The van der Waals surface area contributed by atoms with Crippen LogP contribution >= 0.6 is 0 Å². The first kappa shape index (κ1) is 13.4. The molecule has 3 N–H and O–H groups in total. The van der Waals surface area contributed by atoms with Gasteiger partial charge in [-0.3, -0.25) is 0 Å². The van der Waals surface area contributed by atoms with Gasteiger partial charge in [-0.2, -0.15) is 0 Å². The normalized spacial score (nSPS) is 11.7. The second-order valence-corrected chi connectivity index (χ2v) is 5.85. The van der Waals surface area contributed by atoms with Crippen LogP contribution in [0.3, 0.4) is 0 Å². The molecule has 2 aromatic heterocycles. The van der Waals surface area contributed by atoms with E-state index >= 15 is 0 Å². The van der Waals surface area contributed by atoms with Crippen LogP contribution in [0.15, 0.2) is 41.3 Å². The topological polar surface area (TPSA) is 128 Å². The van der Waals surface area contributed by atoms with Gasteiger partial charge in [0.15, 0.2) is 5.65 Å². The number of fused-ring (bicyclic) bond motifs is 1. The van der Waals surface area contributed by atoms with Crippen LogP contribution in [0.25, 0.3) is 5.65 Å². The van der Waals surface area contributed by atoms with E-state index in [9.17, 15) is 8.42 Å². The minimum Gasteiger partial charge on any atom is -0.365 e. The monoisotopic (exact) mass is 305 g/mol. The van der Waals surface area contributed by atoms with Crippen LogP contribution in [0.5, 0.6) is 0 Å². The summed E-state index contributed by atoms with van der Waals surface area (Å²) in [5, 5.41) is 23.2. The highest BCUT2D eigenvalue weighted by Crippen LogP contribution is 2.10. The highest BCUT2D eigenvalue weighted by molar-refractivity contribution is 7.89. The summed E-state index contributed by atoms with van der Waals surface area (Å²) in [6.45, 7) is 0.478. The second kappa shape index (κ2) is 5.07. The van der Waals surface area contributed by atoms with E-state index in [0.717, 1.165) is 5.56 Å². The molecular formula is C11H11N7O2S. The van der Waals surface area contributed by atoms with E-state index in [1.807, 2.05) is 0 Å². The van der Waals surface area contributed by atoms with Crippen molar-refractivity contribution in [2.75, 3.05) is 5.32 Å². The van der Waals surface area contributed by atoms with E-state index in [-0.39, 0.29) is 4.90 Å². The van der Waals surface area contributed by atoms with Crippen molar-refractivity contribution >= 4 is 21.5 Å². The van der Waals surface area contributed by atoms with Crippen LogP contribution in [0.1, 0.15) is 5.56 Å². The first-order valence-electron chi connectivity index (χ1n) is 5.93. The van der Waals surface area contributed by atoms with Crippen LogP contribution in [0, 0.1) is 0 Å². The van der Waals surface area contributed by atoms with Gasteiger partial charge in [-0.25, -0.2) is 13.6 Å². The van der Waals surface area contributed by atoms with Gasteiger partial charge < -0.3 is 5.32 Å². The number of rotatable bonds is 4. The molecule has 0 radical (unpaired) electrons. The molecule has 0 amide bonds. The Morgan fingerprint density at radius 1 is 1.14 bits per heavy atom. The molecule has 0 atom stereocenters. The van der Waals surface area contributed by atoms with Crippen LogP contribution in [-0.4, -0.2) is 33.7 Å². The summed E-state index contributed by atoms with van der Waals surface area (Å²) in [6, 6.07) is 9.78. The molecule has 108 valence electrons. The number of aromatic nitrogens is 5. The molecule has 9 nitrogen and oxygen atoms in total. The number of hydrogen-bond donors (Lipinski definition) is 2. The number of nitrogens with two attached hydrogens (primary N) is 1. The number of primary sulfonamides is 1. The Labute approximate surface area is 119 Å². The highest BCUT2D eigenvalue weighted by atomic mass is 32.2. The number of benzene rings is 1. The molecule has 21 heavy (non-hydrogen) atoms. The third-order valence-corrected chi connectivity index (χ3v) is 3.72. The molecule has 0 fully saturated rings. The molecule has 0 aliphatic rings. The van der Waals surface area contributed by atoms with E-state index in [1.165, 1.54) is 16.8 Å². The average Bonchev–Trinajstić information content (AvgIpc) is 2.92. The molecule has 0 spiro atoms. The Balaban J connectivity index is 1.72. The van der Waals surface area contributed by atoms with E-state index in [0.29, 0.717) is 18.0 Å². The summed E-state index contributed by atoms with van der Waals surface area (Å²) in [5.41, 5.74) is 1.44. The largest absolute Gasteiger partial charge is 0.365 e. The van der Waals surface area contributed by atoms with Crippen LogP contribution in [-0.2, 0) is 16.6 Å². The van der Waals surface area contributed by atoms with Gasteiger partial charge in [0.1, 0.15) is 5.82 Å². The summed E-state index contributed by atoms with van der Waals surface area (Å²) in [5.74, 6) is 0.602. The predicted molar refractivity (Wildman–Crippen MR) is 73.7 cm³/mol. The molecule has 0 saturated heterocycles. The van der Waals surface area contributed by atoms with E-state index in [4.69, 9.17) is 5.14 Å². The van der Waals surface area contributed by atoms with Gasteiger partial charge in [-0.1, -0.05) is 12.1 Å². The maximum atomic E-state index is 11.2. The zero-order valence-electron chi connectivity index (χ0n) is 10.7. The molecular weight excluding hydrogens is 294 g/mol. The van der Waals surface area contributed by atoms with E-state index in [2.05, 4.69) is 25.9 Å². The van der Waals surface area contributed by atoms with Gasteiger partial charge >= 0.3 is 0 Å². The summed E-state index contributed by atoms with van der Waals surface area (Å²) < 4.78 is 23.6. The molecule has 0 aliphatic carbocycles. The van der Waals surface area contributed by atoms with Gasteiger partial charge in [0.25, 0.3) is 0 Å². The molecule has 0 bridgehead atoms. The highest BCUT2D eigenvalue weighted by Gasteiger charge is 2.06. The maximum absolute atomic E-state index is 11.2. The Morgan fingerprint density at radius 2 is 1.90 bits per heavy atom. The van der Waals surface area contributed by atoms with Crippen molar-refractivity contribution in [3.63, 3.8) is 0 Å². The van der Waals surface area contributed by atoms with Gasteiger partial charge in [0, 0.05) is 6.54 Å². The Bertz CT molecular complexity index is 873. The SMILES string of the molecule is NS(=O)(=O)c1ccc(CNc2ccc3nnnn3n2)cc1. The van der Waals surface area contributed by atoms with Gasteiger partial charge in [-0.15, -0.1) is 14.8 Å². The van der Waals surface area contributed by atoms with Gasteiger partial charge in [0.05, 0.1) is 4.90 Å². The van der Waals surface area contributed by atoms with Crippen molar-refractivity contribution in [1.29, 1.82) is 0 Å². The lowest BCUT2D eigenvalue weighted by atomic mass is 10.2. The summed E-state index contributed by atoms with van der Waals surface area (Å²) in [6.07, 6.45) is 0. The number of nitrogens with one attached hydrogen (secondary N) is 1. The number of tetrazole rings is 1. The second-order valence-electron chi connectivity index (χ2n) is 4.29. The lowest BCUT2D eigenvalue weighted by Gasteiger charge is -2.06. The van der Waals surface area contributed by atoms with Crippen molar-refractivity contribution in [1.82, 2.24) is 25.3 Å². The Kier molecular flexibility index (Phi) is 3.23. The summed E-state index contributed by atoms with van der Waals surface area (Å²) in [4.78, 5) is 0.0829.